The normalized spacial score (nSPS) is 10.6. The zero-order chi connectivity index (χ0) is 18.5. The van der Waals surface area contributed by atoms with Gasteiger partial charge in [-0.2, -0.15) is 0 Å². The van der Waals surface area contributed by atoms with Crippen molar-refractivity contribution in [2.45, 2.75) is 5.92 Å². The van der Waals surface area contributed by atoms with Crippen LogP contribution in [-0.4, -0.2) is 28.8 Å². The number of esters is 2. The molecule has 0 N–H and O–H groups in total. The highest BCUT2D eigenvalue weighted by Crippen LogP contribution is 2.27. The Bertz CT molecular complexity index is 865. The van der Waals surface area contributed by atoms with Gasteiger partial charge >= 0.3 is 11.9 Å². The number of hydrogen-bond acceptors (Lipinski definition) is 5. The maximum Gasteiger partial charge on any atom is 0.356 e. The minimum Gasteiger partial charge on any atom is -0.464 e. The molecule has 0 aliphatic carbocycles. The third-order valence-electron chi connectivity index (χ3n) is 3.96. The molecule has 3 rings (SSSR count). The molecule has 0 bridgehead atoms. The molecule has 2 aromatic carbocycles. The van der Waals surface area contributed by atoms with E-state index in [1.54, 1.807) is 7.05 Å². The van der Waals surface area contributed by atoms with Gasteiger partial charge in [-0.1, -0.05) is 60.7 Å². The lowest BCUT2D eigenvalue weighted by Crippen LogP contribution is -2.20. The Morgan fingerprint density at radius 3 is 2.00 bits per heavy atom. The molecule has 1 aromatic heterocycles. The first-order valence-electron chi connectivity index (χ1n) is 8.04. The number of methoxy groups -OCH3 is 1. The molecule has 0 saturated heterocycles. The van der Waals surface area contributed by atoms with Gasteiger partial charge in [0, 0.05) is 13.1 Å². The number of nitrogens with zero attached hydrogens (tertiary/aromatic N) is 2. The second-order valence-corrected chi connectivity index (χ2v) is 5.66. The van der Waals surface area contributed by atoms with E-state index < -0.39 is 17.9 Å². The van der Waals surface area contributed by atoms with E-state index in [0.717, 1.165) is 11.1 Å². The van der Waals surface area contributed by atoms with E-state index >= 15 is 0 Å². The van der Waals surface area contributed by atoms with Crippen LogP contribution in [0.15, 0.2) is 66.7 Å². The Kier molecular flexibility index (Phi) is 5.12. The van der Waals surface area contributed by atoms with Crippen LogP contribution in [0.1, 0.15) is 27.5 Å². The Balaban J connectivity index is 1.91. The van der Waals surface area contributed by atoms with E-state index in [0.29, 0.717) is 0 Å². The molecule has 6 nitrogen and oxygen atoms in total. The average molecular weight is 350 g/mol. The van der Waals surface area contributed by atoms with Crippen molar-refractivity contribution in [3.63, 3.8) is 0 Å². The number of aryl methyl sites for hydroxylation is 1. The summed E-state index contributed by atoms with van der Waals surface area (Å²) in [4.78, 5) is 24.6. The Morgan fingerprint density at radius 1 is 0.962 bits per heavy atom. The molecular weight excluding hydrogens is 332 g/mol. The van der Waals surface area contributed by atoms with Crippen LogP contribution >= 0.6 is 0 Å². The number of carbonyl (C=O) groups is 2. The van der Waals surface area contributed by atoms with Crippen molar-refractivity contribution in [2.24, 2.45) is 7.05 Å². The third kappa shape index (κ3) is 3.64. The third-order valence-corrected chi connectivity index (χ3v) is 3.96. The standard InChI is InChI=1S/C20H18N2O4/c1-22-16(19(23)25-2)13-17(21-22)26-20(24)18(14-9-5-3-6-10-14)15-11-7-4-8-12-15/h3-13,18H,1-2H3. The quantitative estimate of drug-likeness (QED) is 0.662. The fraction of sp³-hybridized carbons (Fsp3) is 0.150. The Morgan fingerprint density at radius 2 is 1.50 bits per heavy atom. The highest BCUT2D eigenvalue weighted by Gasteiger charge is 2.26. The topological polar surface area (TPSA) is 70.4 Å². The van der Waals surface area contributed by atoms with Gasteiger partial charge in [-0.3, -0.25) is 9.48 Å². The molecule has 0 aliphatic rings. The summed E-state index contributed by atoms with van der Waals surface area (Å²) < 4.78 is 11.5. The predicted molar refractivity (Wildman–Crippen MR) is 94.9 cm³/mol. The smallest absolute Gasteiger partial charge is 0.356 e. The van der Waals surface area contributed by atoms with Crippen molar-refractivity contribution in [1.29, 1.82) is 0 Å². The monoisotopic (exact) mass is 350 g/mol. The lowest BCUT2D eigenvalue weighted by atomic mass is 9.91. The first-order chi connectivity index (χ1) is 12.6. The molecule has 26 heavy (non-hydrogen) atoms. The fourth-order valence-electron chi connectivity index (χ4n) is 2.70. The maximum absolute atomic E-state index is 12.9. The van der Waals surface area contributed by atoms with Crippen molar-refractivity contribution >= 4 is 11.9 Å². The minimum absolute atomic E-state index is 0.0507. The van der Waals surface area contributed by atoms with Gasteiger partial charge in [0.1, 0.15) is 11.6 Å². The molecule has 0 amide bonds. The second kappa shape index (κ2) is 7.65. The van der Waals surface area contributed by atoms with Gasteiger partial charge in [-0.25, -0.2) is 4.79 Å². The van der Waals surface area contributed by atoms with E-state index in [9.17, 15) is 9.59 Å². The van der Waals surface area contributed by atoms with Crippen LogP contribution in [0.2, 0.25) is 0 Å². The maximum atomic E-state index is 12.9. The summed E-state index contributed by atoms with van der Waals surface area (Å²) in [7, 11) is 2.86. The number of rotatable bonds is 5. The van der Waals surface area contributed by atoms with E-state index in [-0.39, 0.29) is 11.6 Å². The van der Waals surface area contributed by atoms with Gasteiger partial charge in [0.25, 0.3) is 0 Å². The van der Waals surface area contributed by atoms with Gasteiger partial charge in [0.15, 0.2) is 0 Å². The molecule has 0 spiro atoms. The zero-order valence-electron chi connectivity index (χ0n) is 14.5. The second-order valence-electron chi connectivity index (χ2n) is 5.66. The van der Waals surface area contributed by atoms with Gasteiger partial charge in [0.2, 0.25) is 5.88 Å². The fourth-order valence-corrected chi connectivity index (χ4v) is 2.70. The van der Waals surface area contributed by atoms with Gasteiger partial charge < -0.3 is 9.47 Å². The van der Waals surface area contributed by atoms with Crippen molar-refractivity contribution in [3.8, 4) is 5.88 Å². The van der Waals surface area contributed by atoms with Crippen LogP contribution in [0.4, 0.5) is 0 Å². The van der Waals surface area contributed by atoms with Gasteiger partial charge in [0.05, 0.1) is 7.11 Å². The van der Waals surface area contributed by atoms with Crippen LogP contribution in [0.5, 0.6) is 5.88 Å². The number of ether oxygens (including phenoxy) is 2. The summed E-state index contributed by atoms with van der Waals surface area (Å²) in [6.07, 6.45) is 0. The molecular formula is C20H18N2O4. The number of hydrogen-bond donors (Lipinski definition) is 0. The Hall–Kier alpha value is -3.41. The summed E-state index contributed by atoms with van der Waals surface area (Å²) in [5.74, 6) is -1.57. The molecule has 132 valence electrons. The van der Waals surface area contributed by atoms with Crippen LogP contribution in [0.3, 0.4) is 0 Å². The zero-order valence-corrected chi connectivity index (χ0v) is 14.5. The number of aromatic nitrogens is 2. The van der Waals surface area contributed by atoms with E-state index in [1.165, 1.54) is 17.9 Å². The summed E-state index contributed by atoms with van der Waals surface area (Å²) >= 11 is 0. The van der Waals surface area contributed by atoms with Gasteiger partial charge in [-0.15, -0.1) is 5.10 Å². The predicted octanol–water partition coefficient (Wildman–Crippen LogP) is 2.94. The SMILES string of the molecule is COC(=O)c1cc(OC(=O)C(c2ccccc2)c2ccccc2)nn1C. The molecule has 1 heterocycles. The molecule has 0 radical (unpaired) electrons. The van der Waals surface area contributed by atoms with Crippen LogP contribution < -0.4 is 4.74 Å². The molecule has 3 aromatic rings. The molecule has 0 atom stereocenters. The molecule has 0 saturated carbocycles. The average Bonchev–Trinajstić information content (AvgIpc) is 3.03. The molecule has 0 unspecified atom stereocenters. The highest BCUT2D eigenvalue weighted by atomic mass is 16.5. The summed E-state index contributed by atoms with van der Waals surface area (Å²) in [6.45, 7) is 0. The van der Waals surface area contributed by atoms with E-state index in [2.05, 4.69) is 9.84 Å². The number of carbonyl (C=O) groups excluding carboxylic acids is 2. The first-order valence-corrected chi connectivity index (χ1v) is 8.04. The lowest BCUT2D eigenvalue weighted by Gasteiger charge is -2.15. The first kappa shape index (κ1) is 17.4. The molecule has 6 heteroatoms. The van der Waals surface area contributed by atoms with Crippen molar-refractivity contribution in [1.82, 2.24) is 9.78 Å². The molecule has 0 aliphatic heterocycles. The summed E-state index contributed by atoms with van der Waals surface area (Å²) in [5, 5.41) is 4.06. The van der Waals surface area contributed by atoms with E-state index in [4.69, 9.17) is 4.74 Å². The van der Waals surface area contributed by atoms with Crippen molar-refractivity contribution in [3.05, 3.63) is 83.6 Å². The summed E-state index contributed by atoms with van der Waals surface area (Å²) in [5.41, 5.74) is 1.83. The lowest BCUT2D eigenvalue weighted by molar-refractivity contribution is -0.135. The van der Waals surface area contributed by atoms with Crippen LogP contribution in [0, 0.1) is 0 Å². The van der Waals surface area contributed by atoms with Crippen molar-refractivity contribution in [2.75, 3.05) is 7.11 Å². The van der Waals surface area contributed by atoms with Gasteiger partial charge in [-0.05, 0) is 11.1 Å². The van der Waals surface area contributed by atoms with Crippen LogP contribution in [-0.2, 0) is 16.6 Å². The number of benzene rings is 2. The Labute approximate surface area is 151 Å². The van der Waals surface area contributed by atoms with Crippen molar-refractivity contribution < 1.29 is 19.1 Å². The minimum atomic E-state index is -0.596. The highest BCUT2D eigenvalue weighted by molar-refractivity contribution is 5.88. The van der Waals surface area contributed by atoms with Crippen LogP contribution in [0.25, 0.3) is 0 Å². The summed E-state index contributed by atoms with van der Waals surface area (Å²) in [6, 6.07) is 20.1. The molecule has 0 fully saturated rings. The largest absolute Gasteiger partial charge is 0.464 e. The van der Waals surface area contributed by atoms with E-state index in [1.807, 2.05) is 60.7 Å².